The number of hydrogen-bond donors (Lipinski definition) is 1. The van der Waals surface area contributed by atoms with Gasteiger partial charge in [0.25, 0.3) is 5.91 Å². The number of amides is 2. The smallest absolute Gasteiger partial charge is 0.287 e. The highest BCUT2D eigenvalue weighted by molar-refractivity contribution is 6.06. The average molecular weight is 429 g/mol. The molecule has 1 N–H and O–H groups in total. The minimum Gasteiger partial charge on any atom is -0.459 e. The Morgan fingerprint density at radius 1 is 1.22 bits per heavy atom. The summed E-state index contributed by atoms with van der Waals surface area (Å²) in [6, 6.07) is 10.7. The zero-order valence-corrected chi connectivity index (χ0v) is 17.8. The van der Waals surface area contributed by atoms with E-state index in [-0.39, 0.29) is 29.8 Å². The minimum atomic E-state index is -0.411. The van der Waals surface area contributed by atoms with Crippen LogP contribution in [0.25, 0.3) is 0 Å². The van der Waals surface area contributed by atoms with Crippen LogP contribution in [0, 0.1) is 6.92 Å². The molecule has 2 aromatic heterocycles. The van der Waals surface area contributed by atoms with Crippen molar-refractivity contribution in [3.8, 4) is 0 Å². The summed E-state index contributed by atoms with van der Waals surface area (Å²) >= 11 is 0. The molecule has 162 valence electrons. The van der Waals surface area contributed by atoms with Crippen LogP contribution >= 0.6 is 0 Å². The second-order valence-corrected chi connectivity index (χ2v) is 8.26. The predicted molar refractivity (Wildman–Crippen MR) is 116 cm³/mol. The Morgan fingerprint density at radius 2 is 2.06 bits per heavy atom. The summed E-state index contributed by atoms with van der Waals surface area (Å²) in [6.07, 6.45) is 4.19. The molecule has 32 heavy (non-hydrogen) atoms. The molecule has 0 bridgehead atoms. The van der Waals surface area contributed by atoms with E-state index < -0.39 is 5.92 Å². The summed E-state index contributed by atoms with van der Waals surface area (Å²) in [5.74, 6) is -0.399. The molecule has 0 fully saturated rings. The van der Waals surface area contributed by atoms with Crippen molar-refractivity contribution in [3.05, 3.63) is 88.1 Å². The number of nitrogens with zero attached hydrogens (tertiary/aromatic N) is 2. The van der Waals surface area contributed by atoms with Gasteiger partial charge in [0.05, 0.1) is 12.2 Å². The first-order chi connectivity index (χ1) is 15.5. The van der Waals surface area contributed by atoms with E-state index in [0.29, 0.717) is 31.6 Å². The van der Waals surface area contributed by atoms with Gasteiger partial charge in [-0.05, 0) is 47.7 Å². The number of benzene rings is 1. The van der Waals surface area contributed by atoms with Crippen LogP contribution in [0.15, 0.2) is 53.3 Å². The Bertz CT molecular complexity index is 1220. The highest BCUT2D eigenvalue weighted by Crippen LogP contribution is 2.35. The molecule has 0 saturated carbocycles. The second-order valence-electron chi connectivity index (χ2n) is 8.26. The van der Waals surface area contributed by atoms with Gasteiger partial charge in [-0.1, -0.05) is 24.3 Å². The number of nitrogens with one attached hydrogen (secondary N) is 1. The first kappa shape index (κ1) is 20.2. The van der Waals surface area contributed by atoms with Crippen LogP contribution in [0.5, 0.6) is 0 Å². The van der Waals surface area contributed by atoms with Crippen molar-refractivity contribution in [1.82, 2.24) is 15.2 Å². The van der Waals surface area contributed by atoms with E-state index in [2.05, 4.69) is 10.3 Å². The van der Waals surface area contributed by atoms with E-state index in [1.807, 2.05) is 36.2 Å². The van der Waals surface area contributed by atoms with Crippen molar-refractivity contribution >= 4 is 17.6 Å². The number of carbonyl (C=O) groups is 3. The maximum absolute atomic E-state index is 13.3. The van der Waals surface area contributed by atoms with E-state index in [1.165, 1.54) is 6.26 Å². The molecule has 0 saturated heterocycles. The van der Waals surface area contributed by atoms with Crippen LogP contribution in [0.4, 0.5) is 0 Å². The first-order valence-corrected chi connectivity index (χ1v) is 10.7. The molecule has 2 aliphatic rings. The maximum Gasteiger partial charge on any atom is 0.287 e. The van der Waals surface area contributed by atoms with E-state index in [4.69, 9.17) is 4.42 Å². The number of rotatable bonds is 4. The Labute approximate surface area is 185 Å². The van der Waals surface area contributed by atoms with Crippen LogP contribution in [0.3, 0.4) is 0 Å². The minimum absolute atomic E-state index is 0.0119. The zero-order valence-electron chi connectivity index (χ0n) is 17.8. The average Bonchev–Trinajstić information content (AvgIpc) is 3.46. The molecule has 0 radical (unpaired) electrons. The molecule has 3 heterocycles. The van der Waals surface area contributed by atoms with Gasteiger partial charge in [0.15, 0.2) is 11.5 Å². The number of ketones is 1. The van der Waals surface area contributed by atoms with Crippen LogP contribution in [-0.4, -0.2) is 34.0 Å². The number of pyridine rings is 1. The zero-order chi connectivity index (χ0) is 22.2. The van der Waals surface area contributed by atoms with E-state index >= 15 is 0 Å². The molecule has 5 rings (SSSR count). The maximum atomic E-state index is 13.3. The standard InChI is InChI=1S/C25H23N3O4/c1-15-21(13-27-24(30)23-7-4-10-32-23)17-8-9-28(14-16(17)12-26-15)25(31)20-11-22(29)19-6-3-2-5-18(19)20/h2-7,10,12,20H,8-9,11,13-14H2,1H3,(H,27,30). The summed E-state index contributed by atoms with van der Waals surface area (Å²) < 4.78 is 5.15. The van der Waals surface area contributed by atoms with Crippen molar-refractivity contribution in [2.75, 3.05) is 6.54 Å². The number of aryl methyl sites for hydroxylation is 1. The fraction of sp³-hybridized carbons (Fsp3) is 0.280. The molecule has 7 heteroatoms. The molecule has 1 unspecified atom stereocenters. The number of fused-ring (bicyclic) bond motifs is 2. The van der Waals surface area contributed by atoms with Crippen molar-refractivity contribution in [2.45, 2.75) is 38.8 Å². The van der Waals surface area contributed by atoms with Gasteiger partial charge in [0, 0.05) is 43.5 Å². The molecule has 1 aromatic carbocycles. The Morgan fingerprint density at radius 3 is 2.88 bits per heavy atom. The molecule has 7 nitrogen and oxygen atoms in total. The molecule has 1 atom stereocenters. The normalized spacial score (nSPS) is 17.1. The van der Waals surface area contributed by atoms with Gasteiger partial charge in [0.2, 0.25) is 5.91 Å². The topological polar surface area (TPSA) is 92.5 Å². The monoisotopic (exact) mass is 429 g/mol. The lowest BCUT2D eigenvalue weighted by Crippen LogP contribution is -2.39. The fourth-order valence-corrected chi connectivity index (χ4v) is 4.71. The van der Waals surface area contributed by atoms with E-state index in [1.54, 1.807) is 18.2 Å². The van der Waals surface area contributed by atoms with Gasteiger partial charge >= 0.3 is 0 Å². The summed E-state index contributed by atoms with van der Waals surface area (Å²) in [6.45, 7) is 3.29. The second kappa shape index (κ2) is 8.07. The molecule has 2 amide bonds. The van der Waals surface area contributed by atoms with Crippen LogP contribution in [-0.2, 0) is 24.3 Å². The summed E-state index contributed by atoms with van der Waals surface area (Å²) in [5, 5.41) is 2.90. The molecular weight excluding hydrogens is 406 g/mol. The molecule has 1 aliphatic carbocycles. The van der Waals surface area contributed by atoms with Gasteiger partial charge in [-0.15, -0.1) is 0 Å². The quantitative estimate of drug-likeness (QED) is 0.688. The van der Waals surface area contributed by atoms with Gasteiger partial charge < -0.3 is 14.6 Å². The van der Waals surface area contributed by atoms with Crippen LogP contribution in [0.2, 0.25) is 0 Å². The van der Waals surface area contributed by atoms with Crippen molar-refractivity contribution in [2.24, 2.45) is 0 Å². The van der Waals surface area contributed by atoms with Crippen LogP contribution in [0.1, 0.15) is 61.2 Å². The SMILES string of the molecule is Cc1ncc2c(c1CNC(=O)c1ccco1)CCN(C(=O)C1CC(=O)c3ccccc31)C2. The summed E-state index contributed by atoms with van der Waals surface area (Å²) in [7, 11) is 0. The Balaban J connectivity index is 1.33. The lowest BCUT2D eigenvalue weighted by molar-refractivity contribution is -0.133. The third-order valence-electron chi connectivity index (χ3n) is 6.40. The highest BCUT2D eigenvalue weighted by Gasteiger charge is 2.37. The van der Waals surface area contributed by atoms with Gasteiger partial charge in [-0.3, -0.25) is 19.4 Å². The van der Waals surface area contributed by atoms with Crippen LogP contribution < -0.4 is 5.32 Å². The molecular formula is C25H23N3O4. The van der Waals surface area contributed by atoms with Crippen molar-refractivity contribution in [3.63, 3.8) is 0 Å². The van der Waals surface area contributed by atoms with Gasteiger partial charge in [0.1, 0.15) is 0 Å². The fourth-order valence-electron chi connectivity index (χ4n) is 4.71. The lowest BCUT2D eigenvalue weighted by atomic mass is 9.93. The Hall–Kier alpha value is -3.74. The van der Waals surface area contributed by atoms with Gasteiger partial charge in [-0.25, -0.2) is 0 Å². The largest absolute Gasteiger partial charge is 0.459 e. The third kappa shape index (κ3) is 3.49. The molecule has 3 aromatic rings. The number of Topliss-reactive ketones (excluding diaryl/α,β-unsaturated/α-hetero) is 1. The number of furan rings is 1. The van der Waals surface area contributed by atoms with Crippen molar-refractivity contribution in [1.29, 1.82) is 0 Å². The molecule has 0 spiro atoms. The summed E-state index contributed by atoms with van der Waals surface area (Å²) in [4.78, 5) is 44.2. The number of carbonyl (C=O) groups excluding carboxylic acids is 3. The van der Waals surface area contributed by atoms with E-state index in [0.717, 1.165) is 27.9 Å². The predicted octanol–water partition coefficient (Wildman–Crippen LogP) is 3.17. The number of hydrogen-bond acceptors (Lipinski definition) is 5. The highest BCUT2D eigenvalue weighted by atomic mass is 16.3. The third-order valence-corrected chi connectivity index (χ3v) is 6.40. The lowest BCUT2D eigenvalue weighted by Gasteiger charge is -2.32. The van der Waals surface area contributed by atoms with Crippen molar-refractivity contribution < 1.29 is 18.8 Å². The number of aromatic nitrogens is 1. The Kier molecular flexibility index (Phi) is 5.09. The first-order valence-electron chi connectivity index (χ1n) is 10.7. The summed E-state index contributed by atoms with van der Waals surface area (Å²) in [5.41, 5.74) is 5.44. The van der Waals surface area contributed by atoms with E-state index in [9.17, 15) is 14.4 Å². The van der Waals surface area contributed by atoms with Gasteiger partial charge in [-0.2, -0.15) is 0 Å². The molecule has 1 aliphatic heterocycles.